The average molecular weight is 301 g/mol. The van der Waals surface area contributed by atoms with Crippen LogP contribution in [0.5, 0.6) is 0 Å². The summed E-state index contributed by atoms with van der Waals surface area (Å²) in [4.78, 5) is 14.8. The van der Waals surface area contributed by atoms with Gasteiger partial charge < -0.3 is 10.2 Å². The molecule has 0 aromatic heterocycles. The monoisotopic (exact) mass is 300 g/mol. The summed E-state index contributed by atoms with van der Waals surface area (Å²) in [5.74, 6) is 2.62. The van der Waals surface area contributed by atoms with Crippen molar-refractivity contribution >= 4 is 18.3 Å². The maximum absolute atomic E-state index is 12.7. The van der Waals surface area contributed by atoms with Crippen molar-refractivity contribution in [3.63, 3.8) is 0 Å². The highest BCUT2D eigenvalue weighted by Gasteiger charge is 2.36. The molecule has 3 nitrogen and oxygen atoms in total. The first-order chi connectivity index (χ1) is 9.34. The Kier molecular flexibility index (Phi) is 6.16. The summed E-state index contributed by atoms with van der Waals surface area (Å²) >= 11 is 0. The number of rotatable bonds is 1. The third-order valence-corrected chi connectivity index (χ3v) is 5.54. The first-order valence-electron chi connectivity index (χ1n) is 8.34. The number of fused-ring (bicyclic) bond motifs is 1. The Morgan fingerprint density at radius 1 is 0.900 bits per heavy atom. The van der Waals surface area contributed by atoms with Crippen molar-refractivity contribution in [2.75, 3.05) is 26.2 Å². The number of nitrogens with zero attached hydrogens (tertiary/aromatic N) is 1. The summed E-state index contributed by atoms with van der Waals surface area (Å²) in [5, 5.41) is 3.39. The number of carbonyl (C=O) groups excluding carboxylic acids is 1. The predicted octanol–water partition coefficient (Wildman–Crippen LogP) is 2.84. The van der Waals surface area contributed by atoms with Crippen LogP contribution in [0.15, 0.2) is 0 Å². The number of amides is 1. The predicted molar refractivity (Wildman–Crippen MR) is 84.1 cm³/mol. The fourth-order valence-corrected chi connectivity index (χ4v) is 4.42. The van der Waals surface area contributed by atoms with Gasteiger partial charge in [-0.1, -0.05) is 25.7 Å². The van der Waals surface area contributed by atoms with Crippen molar-refractivity contribution in [1.82, 2.24) is 10.2 Å². The molecule has 3 aliphatic rings. The molecule has 1 N–H and O–H groups in total. The summed E-state index contributed by atoms with van der Waals surface area (Å²) in [5.41, 5.74) is 0. The summed E-state index contributed by atoms with van der Waals surface area (Å²) in [6.45, 7) is 3.93. The smallest absolute Gasteiger partial charge is 0.225 e. The Morgan fingerprint density at radius 3 is 2.55 bits per heavy atom. The van der Waals surface area contributed by atoms with E-state index in [4.69, 9.17) is 0 Å². The van der Waals surface area contributed by atoms with E-state index in [0.717, 1.165) is 50.9 Å². The summed E-state index contributed by atoms with van der Waals surface area (Å²) < 4.78 is 0. The maximum Gasteiger partial charge on any atom is 0.225 e. The van der Waals surface area contributed by atoms with E-state index >= 15 is 0 Å². The molecule has 2 aliphatic carbocycles. The van der Waals surface area contributed by atoms with E-state index in [1.165, 1.54) is 38.5 Å². The molecule has 0 aromatic rings. The minimum Gasteiger partial charge on any atom is -0.341 e. The van der Waals surface area contributed by atoms with Crippen LogP contribution in [0.3, 0.4) is 0 Å². The van der Waals surface area contributed by atoms with Gasteiger partial charge in [0.15, 0.2) is 0 Å². The largest absolute Gasteiger partial charge is 0.341 e. The molecule has 3 rings (SSSR count). The lowest BCUT2D eigenvalue weighted by Gasteiger charge is -2.40. The number of carbonyl (C=O) groups is 1. The third-order valence-electron chi connectivity index (χ3n) is 5.54. The van der Waals surface area contributed by atoms with Crippen molar-refractivity contribution in [3.8, 4) is 0 Å². The van der Waals surface area contributed by atoms with E-state index in [1.807, 2.05) is 0 Å². The lowest BCUT2D eigenvalue weighted by atomic mass is 9.67. The normalized spacial score (nSPS) is 34.6. The second kappa shape index (κ2) is 7.65. The number of hydrogen-bond acceptors (Lipinski definition) is 2. The highest BCUT2D eigenvalue weighted by Crippen LogP contribution is 2.43. The van der Waals surface area contributed by atoms with Crippen LogP contribution in [0, 0.1) is 17.8 Å². The molecule has 0 radical (unpaired) electrons. The second-order valence-corrected chi connectivity index (χ2v) is 6.74. The van der Waals surface area contributed by atoms with Gasteiger partial charge in [-0.25, -0.2) is 0 Å². The highest BCUT2D eigenvalue weighted by atomic mass is 35.5. The number of hydrogen-bond donors (Lipinski definition) is 1. The van der Waals surface area contributed by atoms with Gasteiger partial charge in [-0.2, -0.15) is 0 Å². The van der Waals surface area contributed by atoms with Crippen molar-refractivity contribution in [2.45, 2.75) is 51.4 Å². The molecule has 0 bridgehead atoms. The highest BCUT2D eigenvalue weighted by molar-refractivity contribution is 5.85. The average Bonchev–Trinajstić information content (AvgIpc) is 2.75. The van der Waals surface area contributed by atoms with Crippen LogP contribution >= 0.6 is 12.4 Å². The van der Waals surface area contributed by atoms with Crippen LogP contribution < -0.4 is 5.32 Å². The minimum atomic E-state index is 0. The van der Waals surface area contributed by atoms with E-state index < -0.39 is 0 Å². The fourth-order valence-electron chi connectivity index (χ4n) is 4.42. The molecule has 1 heterocycles. The lowest BCUT2D eigenvalue weighted by Crippen LogP contribution is -2.41. The molecule has 3 unspecified atom stereocenters. The molecule has 3 fully saturated rings. The van der Waals surface area contributed by atoms with Crippen LogP contribution in [0.4, 0.5) is 0 Å². The number of halogens is 1. The van der Waals surface area contributed by atoms with Crippen LogP contribution in [-0.4, -0.2) is 37.0 Å². The van der Waals surface area contributed by atoms with E-state index in [-0.39, 0.29) is 12.4 Å². The van der Waals surface area contributed by atoms with Gasteiger partial charge in [0.05, 0.1) is 0 Å². The molecular formula is C16H29ClN2O. The van der Waals surface area contributed by atoms with Gasteiger partial charge in [0.2, 0.25) is 5.91 Å². The molecule has 20 heavy (non-hydrogen) atoms. The zero-order valence-electron chi connectivity index (χ0n) is 12.5. The lowest BCUT2D eigenvalue weighted by molar-refractivity contribution is -0.137. The van der Waals surface area contributed by atoms with Gasteiger partial charge in [0.25, 0.3) is 0 Å². The van der Waals surface area contributed by atoms with E-state index in [1.54, 1.807) is 0 Å². The Labute approximate surface area is 129 Å². The minimum absolute atomic E-state index is 0. The van der Waals surface area contributed by atoms with Crippen LogP contribution in [-0.2, 0) is 4.79 Å². The molecule has 0 aromatic carbocycles. The van der Waals surface area contributed by atoms with Gasteiger partial charge in [-0.15, -0.1) is 12.4 Å². The Bertz CT molecular complexity index is 316. The molecule has 1 aliphatic heterocycles. The van der Waals surface area contributed by atoms with Crippen molar-refractivity contribution in [2.24, 2.45) is 17.8 Å². The summed E-state index contributed by atoms with van der Waals surface area (Å²) in [7, 11) is 0. The molecule has 1 amide bonds. The standard InChI is InChI=1S/C16H28N2O.ClH/c19-16(18-10-3-8-17-9-11-18)15-7-6-13-4-1-2-5-14(13)12-15;/h13-15,17H,1-12H2;1H. The van der Waals surface area contributed by atoms with E-state index in [0.29, 0.717) is 11.8 Å². The van der Waals surface area contributed by atoms with E-state index in [2.05, 4.69) is 10.2 Å². The first kappa shape index (κ1) is 16.1. The molecular weight excluding hydrogens is 272 g/mol. The maximum atomic E-state index is 12.7. The topological polar surface area (TPSA) is 32.3 Å². The molecule has 116 valence electrons. The third kappa shape index (κ3) is 3.67. The van der Waals surface area contributed by atoms with Crippen LogP contribution in [0.2, 0.25) is 0 Å². The Morgan fingerprint density at radius 2 is 1.70 bits per heavy atom. The van der Waals surface area contributed by atoms with Crippen LogP contribution in [0.25, 0.3) is 0 Å². The van der Waals surface area contributed by atoms with Gasteiger partial charge in [-0.3, -0.25) is 4.79 Å². The van der Waals surface area contributed by atoms with Gasteiger partial charge in [-0.05, 0) is 44.1 Å². The molecule has 2 saturated carbocycles. The molecule has 4 heteroatoms. The van der Waals surface area contributed by atoms with Crippen molar-refractivity contribution in [3.05, 3.63) is 0 Å². The SMILES string of the molecule is Cl.O=C(C1CCC2CCCCC2C1)N1CCCNCC1. The zero-order chi connectivity index (χ0) is 13.1. The first-order valence-corrected chi connectivity index (χ1v) is 8.34. The van der Waals surface area contributed by atoms with Crippen molar-refractivity contribution in [1.29, 1.82) is 0 Å². The Hall–Kier alpha value is -0.280. The van der Waals surface area contributed by atoms with Crippen LogP contribution in [0.1, 0.15) is 51.4 Å². The van der Waals surface area contributed by atoms with Crippen molar-refractivity contribution < 1.29 is 4.79 Å². The number of nitrogens with one attached hydrogen (secondary N) is 1. The van der Waals surface area contributed by atoms with Gasteiger partial charge >= 0.3 is 0 Å². The molecule has 1 saturated heterocycles. The van der Waals surface area contributed by atoms with Gasteiger partial charge in [0, 0.05) is 25.6 Å². The zero-order valence-corrected chi connectivity index (χ0v) is 13.3. The quantitative estimate of drug-likeness (QED) is 0.807. The van der Waals surface area contributed by atoms with E-state index in [9.17, 15) is 4.79 Å². The Balaban J connectivity index is 0.00000147. The molecule has 3 atom stereocenters. The molecule has 0 spiro atoms. The fraction of sp³-hybridized carbons (Fsp3) is 0.938. The second-order valence-electron chi connectivity index (χ2n) is 6.74. The van der Waals surface area contributed by atoms with Gasteiger partial charge in [0.1, 0.15) is 0 Å². The summed E-state index contributed by atoms with van der Waals surface area (Å²) in [6, 6.07) is 0. The summed E-state index contributed by atoms with van der Waals surface area (Å²) in [6.07, 6.45) is 10.4.